The van der Waals surface area contributed by atoms with Crippen molar-refractivity contribution in [2.75, 3.05) is 0 Å². The molecule has 0 saturated heterocycles. The number of hydrogen-bond acceptors (Lipinski definition) is 2. The molecule has 5 aliphatic rings. The highest BCUT2D eigenvalue weighted by Crippen LogP contribution is 2.63. The van der Waals surface area contributed by atoms with Gasteiger partial charge >= 0.3 is 0 Å². The lowest BCUT2D eigenvalue weighted by molar-refractivity contribution is -0.179. The lowest BCUT2D eigenvalue weighted by Crippen LogP contribution is -2.68. The Hall–Kier alpha value is -0.660. The molecule has 210 valence electrons. The fraction of sp³-hybridized carbons (Fsp3) is 0.943. The summed E-state index contributed by atoms with van der Waals surface area (Å²) in [5, 5.41) is 0. The number of rotatable bonds is 9. The Morgan fingerprint density at radius 1 is 0.514 bits per heavy atom. The van der Waals surface area contributed by atoms with Crippen LogP contribution in [0, 0.1) is 46.3 Å². The smallest absolute Gasteiger partial charge is 0.159 e. The normalized spacial score (nSPS) is 42.8. The van der Waals surface area contributed by atoms with Gasteiger partial charge in [-0.1, -0.05) is 84.5 Å². The Labute approximate surface area is 228 Å². The highest BCUT2D eigenvalue weighted by Gasteiger charge is 2.71. The lowest BCUT2D eigenvalue weighted by atomic mass is 9.41. The van der Waals surface area contributed by atoms with Gasteiger partial charge in [0.1, 0.15) is 0 Å². The Kier molecular flexibility index (Phi) is 9.23. The van der Waals surface area contributed by atoms with Crippen LogP contribution in [0.3, 0.4) is 0 Å². The van der Waals surface area contributed by atoms with E-state index in [9.17, 15) is 9.59 Å². The van der Waals surface area contributed by atoms with Crippen molar-refractivity contribution in [3.05, 3.63) is 0 Å². The third-order valence-corrected chi connectivity index (χ3v) is 12.9. The second kappa shape index (κ2) is 12.2. The third-order valence-electron chi connectivity index (χ3n) is 12.9. The molecule has 0 unspecified atom stereocenters. The lowest BCUT2D eigenvalue weighted by Gasteiger charge is -2.58. The fourth-order valence-electron chi connectivity index (χ4n) is 10.2. The SMILES string of the molecule is CCCCCCC[C@H]1CC[C@H](C2CCC3(CC2)C(=O)C2(CCC([C@H]4CC[C@H](CC)CC4)CC2)C3=O)CC1. The molecule has 0 heterocycles. The molecule has 0 aromatic carbocycles. The summed E-state index contributed by atoms with van der Waals surface area (Å²) in [5.74, 6) is 6.03. The third kappa shape index (κ3) is 5.52. The first-order chi connectivity index (χ1) is 18.0. The van der Waals surface area contributed by atoms with Crippen molar-refractivity contribution >= 4 is 11.6 Å². The van der Waals surface area contributed by atoms with Crippen molar-refractivity contribution in [2.45, 2.75) is 162 Å². The molecule has 5 fully saturated rings. The number of Topliss-reactive ketones (excluding diaryl/α,β-unsaturated/α-hetero) is 2. The van der Waals surface area contributed by atoms with E-state index in [0.29, 0.717) is 11.6 Å². The quantitative estimate of drug-likeness (QED) is 0.228. The maximum Gasteiger partial charge on any atom is 0.159 e. The molecule has 5 saturated carbocycles. The van der Waals surface area contributed by atoms with E-state index >= 15 is 0 Å². The van der Waals surface area contributed by atoms with Crippen LogP contribution in [0.1, 0.15) is 162 Å². The summed E-state index contributed by atoms with van der Waals surface area (Å²) in [4.78, 5) is 27.5. The minimum absolute atomic E-state index is 0.406. The van der Waals surface area contributed by atoms with Crippen molar-refractivity contribution in [1.29, 1.82) is 0 Å². The molecule has 2 spiro atoms. The van der Waals surface area contributed by atoms with Gasteiger partial charge in [-0.25, -0.2) is 0 Å². The second-order valence-corrected chi connectivity index (χ2v) is 14.7. The minimum atomic E-state index is -0.543. The molecule has 0 aliphatic heterocycles. The van der Waals surface area contributed by atoms with Gasteiger partial charge in [0.25, 0.3) is 0 Å². The highest BCUT2D eigenvalue weighted by atomic mass is 16.2. The molecule has 37 heavy (non-hydrogen) atoms. The average molecular weight is 511 g/mol. The molecule has 2 heteroatoms. The van der Waals surface area contributed by atoms with E-state index < -0.39 is 10.8 Å². The molecule has 0 atom stereocenters. The van der Waals surface area contributed by atoms with Gasteiger partial charge in [-0.15, -0.1) is 0 Å². The van der Waals surface area contributed by atoms with Crippen LogP contribution in [0.2, 0.25) is 0 Å². The van der Waals surface area contributed by atoms with E-state index in [-0.39, 0.29) is 0 Å². The summed E-state index contributed by atoms with van der Waals surface area (Å²) in [6.07, 6.45) is 29.2. The van der Waals surface area contributed by atoms with E-state index in [1.807, 2.05) is 0 Å². The predicted molar refractivity (Wildman–Crippen MR) is 153 cm³/mol. The molecular weight excluding hydrogens is 452 g/mol. The summed E-state index contributed by atoms with van der Waals surface area (Å²) >= 11 is 0. The first kappa shape index (κ1) is 27.9. The molecule has 0 amide bonds. The fourth-order valence-corrected chi connectivity index (χ4v) is 10.2. The number of hydrogen-bond donors (Lipinski definition) is 0. The number of ketones is 2. The van der Waals surface area contributed by atoms with Gasteiger partial charge in [0.05, 0.1) is 10.8 Å². The molecular formula is C35H58O2. The molecule has 0 N–H and O–H groups in total. The number of unbranched alkanes of at least 4 members (excludes halogenated alkanes) is 4. The minimum Gasteiger partial charge on any atom is -0.297 e. The molecule has 0 bridgehead atoms. The highest BCUT2D eigenvalue weighted by molar-refractivity contribution is 6.30. The van der Waals surface area contributed by atoms with Crippen LogP contribution in [0.15, 0.2) is 0 Å². The summed E-state index contributed by atoms with van der Waals surface area (Å²) in [7, 11) is 0. The van der Waals surface area contributed by atoms with Crippen molar-refractivity contribution in [3.63, 3.8) is 0 Å². The van der Waals surface area contributed by atoms with Crippen LogP contribution in [-0.2, 0) is 9.59 Å². The number of carbonyl (C=O) groups excluding carboxylic acids is 2. The van der Waals surface area contributed by atoms with Crippen LogP contribution in [-0.4, -0.2) is 11.6 Å². The molecule has 0 radical (unpaired) electrons. The summed E-state index contributed by atoms with van der Waals surface area (Å²) < 4.78 is 0. The van der Waals surface area contributed by atoms with E-state index in [1.165, 1.54) is 96.3 Å². The first-order valence-electron chi connectivity index (χ1n) is 17.1. The van der Waals surface area contributed by atoms with E-state index in [2.05, 4.69) is 13.8 Å². The van der Waals surface area contributed by atoms with Crippen LogP contribution in [0.5, 0.6) is 0 Å². The maximum absolute atomic E-state index is 13.8. The monoisotopic (exact) mass is 510 g/mol. The van der Waals surface area contributed by atoms with Gasteiger partial charge in [0, 0.05) is 0 Å². The van der Waals surface area contributed by atoms with Crippen molar-refractivity contribution in [2.24, 2.45) is 46.3 Å². The molecule has 2 nitrogen and oxygen atoms in total. The van der Waals surface area contributed by atoms with Crippen LogP contribution in [0.25, 0.3) is 0 Å². The average Bonchev–Trinajstić information content (AvgIpc) is 2.97. The molecule has 5 rings (SSSR count). The van der Waals surface area contributed by atoms with Gasteiger partial charge in [-0.05, 0) is 113 Å². The van der Waals surface area contributed by atoms with Gasteiger partial charge in [-0.3, -0.25) is 9.59 Å². The standard InChI is InChI=1S/C35H58O2/c1-3-5-6-7-8-9-27-12-16-29(17-13-27)31-20-24-35(25-21-31)32(36)34(33(35)37)22-18-30(19-23-34)28-14-10-26(4-2)11-15-28/h26-31H,3-25H2,1-2H3/t26-,27-,28-,29-,30?,31?,34?,35?. The van der Waals surface area contributed by atoms with Gasteiger partial charge in [0.2, 0.25) is 0 Å². The topological polar surface area (TPSA) is 34.1 Å². The van der Waals surface area contributed by atoms with Crippen LogP contribution < -0.4 is 0 Å². The first-order valence-corrected chi connectivity index (χ1v) is 17.1. The van der Waals surface area contributed by atoms with E-state index in [1.54, 1.807) is 0 Å². The van der Waals surface area contributed by atoms with Crippen LogP contribution >= 0.6 is 0 Å². The Morgan fingerprint density at radius 2 is 0.919 bits per heavy atom. The van der Waals surface area contributed by atoms with Crippen molar-refractivity contribution < 1.29 is 9.59 Å². The summed E-state index contributed by atoms with van der Waals surface area (Å²) in [5.41, 5.74) is -1.09. The van der Waals surface area contributed by atoms with Gasteiger partial charge < -0.3 is 0 Å². The molecule has 5 aliphatic carbocycles. The van der Waals surface area contributed by atoms with E-state index in [0.717, 1.165) is 86.9 Å². The van der Waals surface area contributed by atoms with Crippen molar-refractivity contribution in [3.8, 4) is 0 Å². The van der Waals surface area contributed by atoms with Gasteiger partial charge in [-0.2, -0.15) is 0 Å². The van der Waals surface area contributed by atoms with Gasteiger partial charge in [0.15, 0.2) is 11.6 Å². The second-order valence-electron chi connectivity index (χ2n) is 14.7. The number of carbonyl (C=O) groups is 2. The summed E-state index contributed by atoms with van der Waals surface area (Å²) in [6.45, 7) is 4.64. The van der Waals surface area contributed by atoms with E-state index in [4.69, 9.17) is 0 Å². The largest absolute Gasteiger partial charge is 0.297 e. The summed E-state index contributed by atoms with van der Waals surface area (Å²) in [6, 6.07) is 0. The zero-order valence-corrected chi connectivity index (χ0v) is 24.5. The Morgan fingerprint density at radius 3 is 1.35 bits per heavy atom. The zero-order valence-electron chi connectivity index (χ0n) is 24.5. The Bertz CT molecular complexity index is 730. The molecule has 0 aromatic rings. The zero-order chi connectivity index (χ0) is 25.9. The molecule has 0 aromatic heterocycles. The van der Waals surface area contributed by atoms with Crippen molar-refractivity contribution in [1.82, 2.24) is 0 Å². The Balaban J connectivity index is 1.04. The maximum atomic E-state index is 13.8. The van der Waals surface area contributed by atoms with Crippen LogP contribution in [0.4, 0.5) is 0 Å². The predicted octanol–water partition coefficient (Wildman–Crippen LogP) is 9.87.